The number of hydrogen-bond donors (Lipinski definition) is 2. The van der Waals surface area contributed by atoms with Gasteiger partial charge >= 0.3 is 0 Å². The van der Waals surface area contributed by atoms with Crippen molar-refractivity contribution in [3.8, 4) is 0 Å². The number of nitrogens with zero attached hydrogens (tertiary/aromatic N) is 1. The molecule has 5 heteroatoms. The quantitative estimate of drug-likeness (QED) is 0.817. The number of halogens is 1. The van der Waals surface area contributed by atoms with E-state index < -0.39 is 0 Å². The van der Waals surface area contributed by atoms with Gasteiger partial charge in [-0.2, -0.15) is 0 Å². The molecular formula is C13H12ClN3O. The Kier molecular flexibility index (Phi) is 3.48. The van der Waals surface area contributed by atoms with Crippen molar-refractivity contribution in [1.29, 1.82) is 0 Å². The summed E-state index contributed by atoms with van der Waals surface area (Å²) in [4.78, 5) is 16.0. The molecule has 0 atom stereocenters. The molecule has 1 aromatic carbocycles. The maximum absolute atomic E-state index is 11.9. The van der Waals surface area contributed by atoms with E-state index in [9.17, 15) is 4.79 Å². The molecule has 0 saturated carbocycles. The number of aryl methyl sites for hydroxylation is 1. The van der Waals surface area contributed by atoms with Crippen LogP contribution in [0, 0.1) is 6.92 Å². The van der Waals surface area contributed by atoms with Crippen molar-refractivity contribution < 1.29 is 4.79 Å². The summed E-state index contributed by atoms with van der Waals surface area (Å²) in [5.74, 6) is -0.255. The van der Waals surface area contributed by atoms with Crippen LogP contribution < -0.4 is 11.1 Å². The smallest absolute Gasteiger partial charge is 0.257 e. The molecule has 0 saturated heterocycles. The van der Waals surface area contributed by atoms with Crippen LogP contribution >= 0.6 is 11.6 Å². The maximum atomic E-state index is 11.9. The molecule has 0 unspecified atom stereocenters. The lowest BCUT2D eigenvalue weighted by molar-refractivity contribution is 0.102. The zero-order valence-electron chi connectivity index (χ0n) is 9.77. The van der Waals surface area contributed by atoms with E-state index in [1.165, 1.54) is 6.20 Å². The molecule has 0 aliphatic rings. The number of aromatic nitrogens is 1. The van der Waals surface area contributed by atoms with E-state index in [1.807, 2.05) is 6.92 Å². The molecule has 0 spiro atoms. The summed E-state index contributed by atoms with van der Waals surface area (Å²) in [6.07, 6.45) is 1.52. The number of anilines is 2. The number of pyridine rings is 1. The molecule has 18 heavy (non-hydrogen) atoms. The summed E-state index contributed by atoms with van der Waals surface area (Å²) in [5, 5.41) is 3.11. The number of benzene rings is 1. The van der Waals surface area contributed by atoms with Crippen molar-refractivity contribution in [1.82, 2.24) is 4.98 Å². The molecule has 0 aliphatic carbocycles. The van der Waals surface area contributed by atoms with Crippen molar-refractivity contribution >= 4 is 28.9 Å². The molecule has 0 aliphatic heterocycles. The summed E-state index contributed by atoms with van der Waals surface area (Å²) < 4.78 is 0. The van der Waals surface area contributed by atoms with Crippen LogP contribution in [0.25, 0.3) is 0 Å². The molecule has 0 radical (unpaired) electrons. The van der Waals surface area contributed by atoms with E-state index in [1.54, 1.807) is 30.3 Å². The Morgan fingerprint density at radius 1 is 1.33 bits per heavy atom. The van der Waals surface area contributed by atoms with E-state index >= 15 is 0 Å². The normalized spacial score (nSPS) is 10.1. The first kappa shape index (κ1) is 12.4. The Balaban J connectivity index is 2.18. The van der Waals surface area contributed by atoms with Crippen molar-refractivity contribution in [2.75, 3.05) is 11.1 Å². The number of carbonyl (C=O) groups excluding carboxylic acids is 1. The van der Waals surface area contributed by atoms with Crippen LogP contribution in [0.1, 0.15) is 16.1 Å². The minimum Gasteiger partial charge on any atom is -0.399 e. The van der Waals surface area contributed by atoms with Crippen molar-refractivity contribution in [3.63, 3.8) is 0 Å². The highest BCUT2D eigenvalue weighted by Crippen LogP contribution is 2.24. The van der Waals surface area contributed by atoms with Crippen molar-refractivity contribution in [2.24, 2.45) is 0 Å². The lowest BCUT2D eigenvalue weighted by Gasteiger charge is -2.07. The summed E-state index contributed by atoms with van der Waals surface area (Å²) in [6.45, 7) is 1.86. The summed E-state index contributed by atoms with van der Waals surface area (Å²) in [6, 6.07) is 8.42. The molecular weight excluding hydrogens is 250 g/mol. The topological polar surface area (TPSA) is 68.0 Å². The summed E-state index contributed by atoms with van der Waals surface area (Å²) in [7, 11) is 0. The number of nitrogens with two attached hydrogens (primary N) is 1. The number of nitrogen functional groups attached to an aromatic ring is 1. The van der Waals surface area contributed by atoms with Crippen LogP contribution in [0.15, 0.2) is 36.5 Å². The first-order valence-electron chi connectivity index (χ1n) is 5.35. The van der Waals surface area contributed by atoms with Gasteiger partial charge in [-0.05, 0) is 37.3 Å². The Morgan fingerprint density at radius 3 is 2.72 bits per heavy atom. The largest absolute Gasteiger partial charge is 0.399 e. The van der Waals surface area contributed by atoms with E-state index in [2.05, 4.69) is 10.3 Å². The number of rotatable bonds is 2. The van der Waals surface area contributed by atoms with Gasteiger partial charge in [-0.25, -0.2) is 0 Å². The summed E-state index contributed by atoms with van der Waals surface area (Å²) in [5.41, 5.74) is 7.99. The fraction of sp³-hybridized carbons (Fsp3) is 0.0769. The van der Waals surface area contributed by atoms with Gasteiger partial charge in [-0.3, -0.25) is 9.78 Å². The van der Waals surface area contributed by atoms with Crippen molar-refractivity contribution in [3.05, 3.63) is 52.8 Å². The molecule has 2 aromatic rings. The van der Waals surface area contributed by atoms with Gasteiger partial charge in [-0.1, -0.05) is 11.6 Å². The lowest BCUT2D eigenvalue weighted by Crippen LogP contribution is -2.12. The Hall–Kier alpha value is -2.07. The molecule has 2 rings (SSSR count). The molecule has 1 amide bonds. The highest BCUT2D eigenvalue weighted by molar-refractivity contribution is 6.34. The Labute approximate surface area is 110 Å². The van der Waals surface area contributed by atoms with Gasteiger partial charge < -0.3 is 11.1 Å². The van der Waals surface area contributed by atoms with Gasteiger partial charge in [0.1, 0.15) is 0 Å². The van der Waals surface area contributed by atoms with Crippen LogP contribution in [-0.2, 0) is 0 Å². The third-order valence-corrected chi connectivity index (χ3v) is 2.73. The zero-order chi connectivity index (χ0) is 13.1. The number of amides is 1. The van der Waals surface area contributed by atoms with Gasteiger partial charge in [0, 0.05) is 17.6 Å². The highest BCUT2D eigenvalue weighted by Gasteiger charge is 2.08. The average molecular weight is 262 g/mol. The maximum Gasteiger partial charge on any atom is 0.257 e. The Morgan fingerprint density at radius 2 is 2.11 bits per heavy atom. The second-order valence-corrected chi connectivity index (χ2v) is 4.29. The monoisotopic (exact) mass is 261 g/mol. The number of hydrogen-bond acceptors (Lipinski definition) is 3. The summed E-state index contributed by atoms with van der Waals surface area (Å²) >= 11 is 5.98. The van der Waals surface area contributed by atoms with Gasteiger partial charge in [0.15, 0.2) is 0 Å². The minimum absolute atomic E-state index is 0.255. The SMILES string of the molecule is Cc1ccc(C(=O)Nc2ccc(N)cc2Cl)cn1. The zero-order valence-corrected chi connectivity index (χ0v) is 10.5. The van der Waals surface area contributed by atoms with Crippen LogP contribution in [-0.4, -0.2) is 10.9 Å². The first-order valence-corrected chi connectivity index (χ1v) is 5.73. The molecule has 92 valence electrons. The third-order valence-electron chi connectivity index (χ3n) is 2.41. The second kappa shape index (κ2) is 5.06. The van der Waals surface area contributed by atoms with Gasteiger partial charge in [0.2, 0.25) is 0 Å². The highest BCUT2D eigenvalue weighted by atomic mass is 35.5. The second-order valence-electron chi connectivity index (χ2n) is 3.88. The predicted molar refractivity (Wildman–Crippen MR) is 72.8 cm³/mol. The lowest BCUT2D eigenvalue weighted by atomic mass is 10.2. The van der Waals surface area contributed by atoms with Crippen LogP contribution in [0.4, 0.5) is 11.4 Å². The van der Waals surface area contributed by atoms with E-state index in [0.717, 1.165) is 5.69 Å². The number of nitrogens with one attached hydrogen (secondary N) is 1. The van der Waals surface area contributed by atoms with E-state index in [0.29, 0.717) is 22.0 Å². The van der Waals surface area contributed by atoms with Gasteiger partial charge in [-0.15, -0.1) is 0 Å². The standard InChI is InChI=1S/C13H12ClN3O/c1-8-2-3-9(7-16-8)13(18)17-12-5-4-10(15)6-11(12)14/h2-7H,15H2,1H3,(H,17,18). The fourth-order valence-corrected chi connectivity index (χ4v) is 1.67. The third kappa shape index (κ3) is 2.78. The predicted octanol–water partition coefficient (Wildman–Crippen LogP) is 2.88. The van der Waals surface area contributed by atoms with E-state index in [-0.39, 0.29) is 5.91 Å². The van der Waals surface area contributed by atoms with Crippen LogP contribution in [0.2, 0.25) is 5.02 Å². The molecule has 4 nitrogen and oxygen atoms in total. The van der Waals surface area contributed by atoms with Gasteiger partial charge in [0.05, 0.1) is 16.3 Å². The number of carbonyl (C=O) groups is 1. The van der Waals surface area contributed by atoms with Crippen LogP contribution in [0.3, 0.4) is 0 Å². The minimum atomic E-state index is -0.255. The first-order chi connectivity index (χ1) is 8.56. The average Bonchev–Trinajstić information content (AvgIpc) is 2.33. The molecule has 1 heterocycles. The van der Waals surface area contributed by atoms with Gasteiger partial charge in [0.25, 0.3) is 5.91 Å². The molecule has 1 aromatic heterocycles. The van der Waals surface area contributed by atoms with Crippen molar-refractivity contribution in [2.45, 2.75) is 6.92 Å². The van der Waals surface area contributed by atoms with Crippen LogP contribution in [0.5, 0.6) is 0 Å². The molecule has 0 fully saturated rings. The van der Waals surface area contributed by atoms with E-state index in [4.69, 9.17) is 17.3 Å². The molecule has 0 bridgehead atoms. The fourth-order valence-electron chi connectivity index (χ4n) is 1.43. The molecule has 3 N–H and O–H groups in total. The Bertz CT molecular complexity index is 581.